The molecule has 0 saturated carbocycles. The van der Waals surface area contributed by atoms with Gasteiger partial charge in [-0.1, -0.05) is 6.08 Å². The Bertz CT molecular complexity index is 126. The van der Waals surface area contributed by atoms with E-state index < -0.39 is 6.00 Å². The molecule has 0 aromatic rings. The van der Waals surface area contributed by atoms with Crippen LogP contribution in [0.2, 0.25) is 0 Å². The Balaban J connectivity index is 4.21. The second-order valence-electron chi connectivity index (χ2n) is 1.52. The van der Waals surface area contributed by atoms with E-state index in [0.717, 1.165) is 0 Å². The topological polar surface area (TPSA) is 0 Å². The van der Waals surface area contributed by atoms with Crippen molar-refractivity contribution in [1.82, 2.24) is 0 Å². The van der Waals surface area contributed by atoms with Crippen molar-refractivity contribution in [2.75, 3.05) is 11.8 Å². The summed E-state index contributed by atoms with van der Waals surface area (Å²) in [7, 11) is 0. The third-order valence-corrected chi connectivity index (χ3v) is 4.79. The van der Waals surface area contributed by atoms with Gasteiger partial charge in [-0.2, -0.15) is 0 Å². The first-order valence-corrected chi connectivity index (χ1v) is 8.51. The molecule has 0 atom stereocenters. The maximum Gasteiger partial charge on any atom is 0.369 e. The first-order chi connectivity index (χ1) is 4.52. The van der Waals surface area contributed by atoms with Crippen LogP contribution in [0, 0.1) is 0 Å². The number of hydrogen-bond donors (Lipinski definition) is 0. The van der Waals surface area contributed by atoms with E-state index in [2.05, 4.69) is 0 Å². The Morgan fingerprint density at radius 3 is 1.80 bits per heavy atom. The van der Waals surface area contributed by atoms with E-state index in [1.807, 2.05) is 0 Å². The molecule has 0 aliphatic carbocycles. The summed E-state index contributed by atoms with van der Waals surface area (Å²) >= 11 is 27.8. The predicted octanol–water partition coefficient (Wildman–Crippen LogP) is 3.58. The van der Waals surface area contributed by atoms with Crippen molar-refractivity contribution in [3.8, 4) is 0 Å². The molecule has 0 aromatic carbocycles. The van der Waals surface area contributed by atoms with Crippen LogP contribution in [0.3, 0.4) is 0 Å². The van der Waals surface area contributed by atoms with Crippen LogP contribution < -0.4 is 0 Å². The summed E-state index contributed by atoms with van der Waals surface area (Å²) in [5.74, 6) is 0.582. The molecule has 0 rings (SSSR count). The van der Waals surface area contributed by atoms with Crippen LogP contribution in [0.4, 0.5) is 0 Å². The largest absolute Gasteiger partial charge is 0.369 e. The van der Waals surface area contributed by atoms with Crippen molar-refractivity contribution in [2.24, 2.45) is 0 Å². The highest BCUT2D eigenvalue weighted by atomic mass is 35.8. The third-order valence-electron chi connectivity index (χ3n) is 0.832. The lowest BCUT2D eigenvalue weighted by molar-refractivity contribution is 1.58. The molecule has 0 N–H and O–H groups in total. The Hall–Kier alpha value is 1.41. The van der Waals surface area contributed by atoms with Gasteiger partial charge in [0.05, 0.1) is 0 Å². The molecule has 0 nitrogen and oxygen atoms in total. The standard InChI is InChI=1S/C4H5Cl5Si/c5-2-1-4(3-6)10(7,8)9/h1H,2-3H2/b4-1-. The van der Waals surface area contributed by atoms with Gasteiger partial charge >= 0.3 is 6.00 Å². The van der Waals surface area contributed by atoms with Gasteiger partial charge in [0.15, 0.2) is 0 Å². The predicted molar refractivity (Wildman–Crippen MR) is 52.8 cm³/mol. The number of alkyl halides is 2. The summed E-state index contributed by atoms with van der Waals surface area (Å²) in [6.07, 6.45) is 1.65. The fraction of sp³-hybridized carbons (Fsp3) is 0.500. The monoisotopic (exact) mass is 256 g/mol. The van der Waals surface area contributed by atoms with E-state index >= 15 is 0 Å². The second-order valence-corrected chi connectivity index (χ2v) is 10.6. The zero-order chi connectivity index (χ0) is 8.20. The third kappa shape index (κ3) is 4.32. The molecule has 0 fully saturated rings. The van der Waals surface area contributed by atoms with Gasteiger partial charge in [-0.15, -0.1) is 56.4 Å². The summed E-state index contributed by atoms with van der Waals surface area (Å²) in [5, 5.41) is 0.647. The minimum absolute atomic E-state index is 0.245. The number of allylic oxidation sites excluding steroid dienone is 2. The van der Waals surface area contributed by atoms with Crippen molar-refractivity contribution >= 4 is 62.4 Å². The molecule has 0 spiro atoms. The van der Waals surface area contributed by atoms with E-state index in [4.69, 9.17) is 56.4 Å². The maximum absolute atomic E-state index is 5.64. The lowest BCUT2D eigenvalue weighted by atomic mass is 10.6. The van der Waals surface area contributed by atoms with Crippen LogP contribution >= 0.6 is 56.4 Å². The van der Waals surface area contributed by atoms with Crippen LogP contribution in [-0.2, 0) is 0 Å². The Kier molecular flexibility index (Phi) is 5.84. The maximum atomic E-state index is 5.64. The summed E-state index contributed by atoms with van der Waals surface area (Å²) < 4.78 is 0. The quantitative estimate of drug-likeness (QED) is 0.412. The highest BCUT2D eigenvalue weighted by molar-refractivity contribution is 7.67. The lowest BCUT2D eigenvalue weighted by Gasteiger charge is -2.08. The molecule has 10 heavy (non-hydrogen) atoms. The van der Waals surface area contributed by atoms with Gasteiger partial charge in [0.2, 0.25) is 0 Å². The van der Waals surface area contributed by atoms with E-state index in [1.165, 1.54) is 0 Å². The normalized spacial score (nSPS) is 13.9. The summed E-state index contributed by atoms with van der Waals surface area (Å²) in [6.45, 7) is 0. The van der Waals surface area contributed by atoms with Gasteiger partial charge in [0, 0.05) is 11.8 Å². The van der Waals surface area contributed by atoms with Crippen LogP contribution in [0.25, 0.3) is 0 Å². The zero-order valence-electron chi connectivity index (χ0n) is 4.88. The Labute approximate surface area is 85.2 Å². The molecular formula is C4H5Cl5Si. The SMILES string of the molecule is ClC/C=C(/CCl)[Si](Cl)(Cl)Cl. The van der Waals surface area contributed by atoms with Crippen molar-refractivity contribution in [2.45, 2.75) is 0 Å². The molecule has 0 amide bonds. The molecule has 0 saturated heterocycles. The molecule has 0 radical (unpaired) electrons. The van der Waals surface area contributed by atoms with Crippen molar-refractivity contribution in [3.05, 3.63) is 11.3 Å². The van der Waals surface area contributed by atoms with Crippen LogP contribution in [-0.4, -0.2) is 17.8 Å². The highest BCUT2D eigenvalue weighted by Crippen LogP contribution is 2.29. The van der Waals surface area contributed by atoms with E-state index in [9.17, 15) is 0 Å². The Morgan fingerprint density at radius 2 is 1.70 bits per heavy atom. The summed E-state index contributed by atoms with van der Waals surface area (Å²) in [5.41, 5.74) is 0. The number of hydrogen-bond acceptors (Lipinski definition) is 0. The molecule has 0 aliphatic rings. The fourth-order valence-electron chi connectivity index (χ4n) is 0.339. The molecule has 0 aliphatic heterocycles. The van der Waals surface area contributed by atoms with Crippen LogP contribution in [0.1, 0.15) is 0 Å². The van der Waals surface area contributed by atoms with Crippen molar-refractivity contribution in [3.63, 3.8) is 0 Å². The van der Waals surface area contributed by atoms with Gasteiger partial charge < -0.3 is 0 Å². The van der Waals surface area contributed by atoms with E-state index in [0.29, 0.717) is 11.1 Å². The van der Waals surface area contributed by atoms with Crippen LogP contribution in [0.15, 0.2) is 11.3 Å². The zero-order valence-corrected chi connectivity index (χ0v) is 9.66. The minimum atomic E-state index is -2.75. The highest BCUT2D eigenvalue weighted by Gasteiger charge is 2.29. The summed E-state index contributed by atoms with van der Waals surface area (Å²) in [6, 6.07) is -2.75. The molecule has 0 unspecified atom stereocenters. The molecule has 0 bridgehead atoms. The van der Waals surface area contributed by atoms with Gasteiger partial charge in [-0.3, -0.25) is 0 Å². The summed E-state index contributed by atoms with van der Waals surface area (Å²) in [4.78, 5) is 0. The molecular weight excluding hydrogens is 253 g/mol. The number of halogens is 5. The molecule has 0 aromatic heterocycles. The Morgan fingerprint density at radius 1 is 1.20 bits per heavy atom. The van der Waals surface area contributed by atoms with E-state index in [-0.39, 0.29) is 5.88 Å². The first-order valence-electron chi connectivity index (χ1n) is 2.40. The second kappa shape index (κ2) is 5.12. The van der Waals surface area contributed by atoms with Gasteiger partial charge in [0.1, 0.15) is 0 Å². The van der Waals surface area contributed by atoms with Crippen LogP contribution in [0.5, 0.6) is 0 Å². The molecule has 60 valence electrons. The number of rotatable bonds is 3. The average molecular weight is 258 g/mol. The smallest absolute Gasteiger partial charge is 0.122 e. The molecule has 0 heterocycles. The first kappa shape index (κ1) is 11.4. The lowest BCUT2D eigenvalue weighted by Crippen LogP contribution is -2.15. The van der Waals surface area contributed by atoms with Gasteiger partial charge in [0.25, 0.3) is 0 Å². The van der Waals surface area contributed by atoms with Crippen molar-refractivity contribution in [1.29, 1.82) is 0 Å². The van der Waals surface area contributed by atoms with Crippen molar-refractivity contribution < 1.29 is 0 Å². The fourth-order valence-corrected chi connectivity index (χ4v) is 3.76. The molecule has 6 heteroatoms. The van der Waals surface area contributed by atoms with Gasteiger partial charge in [-0.25, -0.2) is 0 Å². The van der Waals surface area contributed by atoms with Gasteiger partial charge in [-0.05, 0) is 5.20 Å². The van der Waals surface area contributed by atoms with E-state index in [1.54, 1.807) is 6.08 Å². The minimum Gasteiger partial charge on any atom is -0.122 e. The average Bonchev–Trinajstić information content (AvgIpc) is 1.80.